The zero-order valence-corrected chi connectivity index (χ0v) is 26.9. The number of pyridine rings is 2. The number of hydrogen-bond donors (Lipinski definition) is 1. The number of anilines is 1. The van der Waals surface area contributed by atoms with E-state index in [1.807, 2.05) is 10.6 Å². The first-order valence-electron chi connectivity index (χ1n) is 15.5. The van der Waals surface area contributed by atoms with Gasteiger partial charge in [0.15, 0.2) is 16.9 Å². The van der Waals surface area contributed by atoms with E-state index >= 15 is 0 Å². The molecule has 2 fully saturated rings. The van der Waals surface area contributed by atoms with E-state index in [0.29, 0.717) is 27.6 Å². The van der Waals surface area contributed by atoms with Crippen LogP contribution in [0.3, 0.4) is 0 Å². The summed E-state index contributed by atoms with van der Waals surface area (Å²) in [7, 11) is 0. The Kier molecular flexibility index (Phi) is 9.55. The average molecular weight is 669 g/mol. The van der Waals surface area contributed by atoms with Crippen molar-refractivity contribution in [2.45, 2.75) is 38.9 Å². The molecule has 10 nitrogen and oxygen atoms in total. The van der Waals surface area contributed by atoms with E-state index in [-0.39, 0.29) is 28.2 Å². The fourth-order valence-corrected chi connectivity index (χ4v) is 7.14. The van der Waals surface area contributed by atoms with Crippen LogP contribution in [0.1, 0.15) is 48.8 Å². The van der Waals surface area contributed by atoms with Gasteiger partial charge in [-0.1, -0.05) is 6.07 Å². The van der Waals surface area contributed by atoms with Gasteiger partial charge in [0.1, 0.15) is 10.8 Å². The van der Waals surface area contributed by atoms with Gasteiger partial charge in [-0.2, -0.15) is 13.2 Å². The van der Waals surface area contributed by atoms with Crippen molar-refractivity contribution in [2.75, 3.05) is 57.8 Å². The van der Waals surface area contributed by atoms with Gasteiger partial charge >= 0.3 is 6.18 Å². The number of thiazole rings is 1. The van der Waals surface area contributed by atoms with Crippen molar-refractivity contribution < 1.29 is 27.5 Å². The third-order valence-electron chi connectivity index (χ3n) is 8.67. The Hall–Kier alpha value is -3.98. The van der Waals surface area contributed by atoms with Crippen LogP contribution in [0, 0.1) is 0 Å². The molecule has 2 aliphatic rings. The first kappa shape index (κ1) is 32.9. The van der Waals surface area contributed by atoms with Crippen LogP contribution in [0.5, 0.6) is 0 Å². The fraction of sp³-hybridized carbons (Fsp3) is 0.424. The lowest BCUT2D eigenvalue weighted by molar-refractivity contribution is -0.140. The molecule has 3 aromatic heterocycles. The number of fused-ring (bicyclic) bond motifs is 1. The van der Waals surface area contributed by atoms with Gasteiger partial charge in [-0.15, -0.1) is 11.3 Å². The van der Waals surface area contributed by atoms with Crippen LogP contribution >= 0.6 is 11.3 Å². The van der Waals surface area contributed by atoms with Gasteiger partial charge < -0.3 is 19.5 Å². The number of likely N-dealkylation sites (tertiary alicyclic amines) is 1. The highest BCUT2D eigenvalue weighted by molar-refractivity contribution is 7.13. The Morgan fingerprint density at radius 1 is 1.06 bits per heavy atom. The largest absolute Gasteiger partial charge is 0.434 e. The molecule has 2 aliphatic heterocycles. The van der Waals surface area contributed by atoms with Gasteiger partial charge in [0, 0.05) is 80.0 Å². The number of Topliss-reactive ketones (excluding diaryl/α,β-unsaturated/α-hetero) is 1. The predicted octanol–water partition coefficient (Wildman–Crippen LogP) is 5.34. The van der Waals surface area contributed by atoms with E-state index in [4.69, 9.17) is 4.74 Å². The highest BCUT2D eigenvalue weighted by Gasteiger charge is 2.34. The predicted molar refractivity (Wildman–Crippen MR) is 174 cm³/mol. The van der Waals surface area contributed by atoms with Crippen molar-refractivity contribution in [3.05, 3.63) is 63.5 Å². The SMILES string of the molecule is CC(=O)Nc1cc(-c2nc(C(F)(F)F)cs2)c(-c2ccc3c(c2)c(=O)c(C(C)=O)cn3[C@@H]2CCCN(CCN3CCOCC3)C2)cn1. The number of hydrogen-bond acceptors (Lipinski definition) is 9. The molecule has 0 bridgehead atoms. The quantitative estimate of drug-likeness (QED) is 0.251. The molecule has 1 aromatic carbocycles. The standard InChI is InChI=1S/C33H35F3N6O4S/c1-20(43)27-18-42(23-4-3-7-41(17-23)9-8-40-10-12-46-13-11-40)28-6-5-22(14-25(28)31(27)45)26-16-37-30(38-21(2)44)15-24(26)32-39-29(19-47-32)33(34,35)36/h5-6,14-16,18-19,23H,3-4,7-13,17H2,1-2H3,(H,37,38,44)/t23-/m1/s1. The van der Waals surface area contributed by atoms with E-state index in [9.17, 15) is 27.6 Å². The Labute approximate surface area is 273 Å². The van der Waals surface area contributed by atoms with Crippen LogP contribution in [-0.2, 0) is 15.7 Å². The van der Waals surface area contributed by atoms with Crippen LogP contribution in [0.4, 0.5) is 19.0 Å². The highest BCUT2D eigenvalue weighted by atomic mass is 32.1. The van der Waals surface area contributed by atoms with Crippen LogP contribution in [0.2, 0.25) is 0 Å². The van der Waals surface area contributed by atoms with E-state index in [0.717, 1.165) is 82.0 Å². The number of piperidine rings is 1. The summed E-state index contributed by atoms with van der Waals surface area (Å²) in [6.45, 7) is 9.61. The van der Waals surface area contributed by atoms with Crippen LogP contribution in [0.25, 0.3) is 32.6 Å². The summed E-state index contributed by atoms with van der Waals surface area (Å²) in [5.74, 6) is -0.588. The first-order chi connectivity index (χ1) is 22.5. The molecule has 2 saturated heterocycles. The minimum atomic E-state index is -4.63. The van der Waals surface area contributed by atoms with E-state index in [2.05, 4.69) is 25.1 Å². The molecule has 0 aliphatic carbocycles. The smallest absolute Gasteiger partial charge is 0.379 e. The number of aromatic nitrogens is 3. The normalized spacial score (nSPS) is 18.0. The number of morpholine rings is 1. The highest BCUT2D eigenvalue weighted by Crippen LogP contribution is 2.39. The molecule has 6 rings (SSSR count). The minimum Gasteiger partial charge on any atom is -0.379 e. The molecular weight excluding hydrogens is 633 g/mol. The number of amides is 1. The molecule has 1 amide bonds. The lowest BCUT2D eigenvalue weighted by Gasteiger charge is -2.36. The Morgan fingerprint density at radius 3 is 2.53 bits per heavy atom. The number of nitrogens with zero attached hydrogens (tertiary/aromatic N) is 5. The molecule has 14 heteroatoms. The van der Waals surface area contributed by atoms with E-state index in [1.54, 1.807) is 18.3 Å². The topological polar surface area (TPSA) is 110 Å². The zero-order valence-electron chi connectivity index (χ0n) is 26.1. The molecule has 0 spiro atoms. The van der Waals surface area contributed by atoms with Crippen LogP contribution < -0.4 is 10.7 Å². The van der Waals surface area contributed by atoms with Crippen molar-refractivity contribution in [1.29, 1.82) is 0 Å². The molecule has 1 atom stereocenters. The number of ether oxygens (including phenoxy) is 1. The Bertz CT molecular complexity index is 1870. The second-order valence-corrected chi connectivity index (χ2v) is 12.8. The zero-order chi connectivity index (χ0) is 33.3. The molecule has 4 aromatic rings. The average Bonchev–Trinajstić information content (AvgIpc) is 3.56. The second kappa shape index (κ2) is 13.6. The summed E-state index contributed by atoms with van der Waals surface area (Å²) in [5.41, 5.74) is 0.558. The first-order valence-corrected chi connectivity index (χ1v) is 16.4. The number of halogens is 3. The summed E-state index contributed by atoms with van der Waals surface area (Å²) < 4.78 is 47.9. The molecule has 1 N–H and O–H groups in total. The van der Waals surface area contributed by atoms with Crippen LogP contribution in [-0.4, -0.2) is 88.5 Å². The lowest BCUT2D eigenvalue weighted by Crippen LogP contribution is -2.44. The Balaban J connectivity index is 1.39. The van der Waals surface area contributed by atoms with Crippen molar-refractivity contribution >= 4 is 39.7 Å². The van der Waals surface area contributed by atoms with Gasteiger partial charge in [-0.25, -0.2) is 9.97 Å². The molecule has 248 valence electrons. The maximum atomic E-state index is 13.7. The number of carbonyl (C=O) groups excluding carboxylic acids is 2. The van der Waals surface area contributed by atoms with Crippen molar-refractivity contribution in [3.8, 4) is 21.7 Å². The monoisotopic (exact) mass is 668 g/mol. The van der Waals surface area contributed by atoms with Gasteiger partial charge in [0.2, 0.25) is 5.91 Å². The van der Waals surface area contributed by atoms with Gasteiger partial charge in [0.05, 0.1) is 24.3 Å². The molecule has 47 heavy (non-hydrogen) atoms. The van der Waals surface area contributed by atoms with Gasteiger partial charge in [0.25, 0.3) is 0 Å². The van der Waals surface area contributed by atoms with Gasteiger partial charge in [-0.3, -0.25) is 19.3 Å². The molecule has 0 radical (unpaired) electrons. The third kappa shape index (κ3) is 7.30. The fourth-order valence-electron chi connectivity index (χ4n) is 6.28. The van der Waals surface area contributed by atoms with Crippen LogP contribution in [0.15, 0.2) is 46.8 Å². The minimum absolute atomic E-state index is 0.0331. The number of benzene rings is 1. The van der Waals surface area contributed by atoms with Crippen molar-refractivity contribution in [3.63, 3.8) is 0 Å². The van der Waals surface area contributed by atoms with Crippen molar-refractivity contribution in [1.82, 2.24) is 24.3 Å². The molecule has 5 heterocycles. The number of alkyl halides is 3. The lowest BCUT2D eigenvalue weighted by atomic mass is 9.97. The van der Waals surface area contributed by atoms with E-state index < -0.39 is 23.2 Å². The molecular formula is C33H35F3N6O4S. The maximum absolute atomic E-state index is 13.7. The number of nitrogens with one attached hydrogen (secondary N) is 1. The summed E-state index contributed by atoms with van der Waals surface area (Å²) in [5, 5.41) is 3.91. The number of ketones is 1. The summed E-state index contributed by atoms with van der Waals surface area (Å²) in [6.07, 6.45) is 0.341. The third-order valence-corrected chi connectivity index (χ3v) is 9.54. The summed E-state index contributed by atoms with van der Waals surface area (Å²) >= 11 is 0.817. The molecule has 0 unspecified atom stereocenters. The van der Waals surface area contributed by atoms with Crippen molar-refractivity contribution in [2.24, 2.45) is 0 Å². The summed E-state index contributed by atoms with van der Waals surface area (Å²) in [6, 6.07) is 6.78. The maximum Gasteiger partial charge on any atom is 0.434 e. The molecule has 0 saturated carbocycles. The van der Waals surface area contributed by atoms with Gasteiger partial charge in [-0.05, 0) is 50.1 Å². The summed E-state index contributed by atoms with van der Waals surface area (Å²) in [4.78, 5) is 51.1. The van der Waals surface area contributed by atoms with E-state index in [1.165, 1.54) is 26.1 Å². The Morgan fingerprint density at radius 2 is 1.83 bits per heavy atom. The number of rotatable bonds is 8. The second-order valence-electron chi connectivity index (χ2n) is 11.9. The number of carbonyl (C=O) groups is 2.